The number of aliphatic hydroxyl groups excluding tert-OH is 2. The number of aliphatic hydroxyl groups is 2. The number of imidazole rings is 1. The van der Waals surface area contributed by atoms with E-state index < -0.39 is 76.3 Å². The molecular formula is C17H25Cl2F3N5O12P3S2. The summed E-state index contributed by atoms with van der Waals surface area (Å²) in [7, 11) is -17.4. The molecule has 0 saturated carbocycles. The molecule has 0 spiro atoms. The van der Waals surface area contributed by atoms with Crippen LogP contribution in [0.3, 0.4) is 0 Å². The Kier molecular flexibility index (Phi) is 12.6. The quantitative estimate of drug-likeness (QED) is 0.0451. The summed E-state index contributed by atoms with van der Waals surface area (Å²) in [6, 6.07) is 0. The molecule has 1 aliphatic heterocycles. The Balaban J connectivity index is 1.82. The highest BCUT2D eigenvalue weighted by atomic mass is 35.5. The average molecular weight is 776 g/mol. The molecule has 0 aromatic carbocycles. The van der Waals surface area contributed by atoms with Crippen LogP contribution >= 0.6 is 69.7 Å². The number of alkyl halides is 5. The molecule has 3 rings (SSSR count). The van der Waals surface area contributed by atoms with Crippen LogP contribution in [0.4, 0.5) is 19.0 Å². The molecule has 0 aliphatic carbocycles. The molecule has 1 saturated heterocycles. The lowest BCUT2D eigenvalue weighted by atomic mass is 10.1. The van der Waals surface area contributed by atoms with E-state index in [0.29, 0.717) is 24.1 Å². The van der Waals surface area contributed by atoms with Crippen LogP contribution in [-0.2, 0) is 27.3 Å². The number of thioether (sulfide) groups is 2. The molecule has 17 nitrogen and oxygen atoms in total. The van der Waals surface area contributed by atoms with Crippen molar-refractivity contribution >= 4 is 86.7 Å². The number of nitrogens with zero attached hydrogens (tertiary/aromatic N) is 4. The summed E-state index contributed by atoms with van der Waals surface area (Å²) in [6.07, 6.45) is -9.29. The molecule has 0 bridgehead atoms. The zero-order chi connectivity index (χ0) is 33.3. The lowest BCUT2D eigenvalue weighted by Gasteiger charge is -2.26. The highest BCUT2D eigenvalue weighted by Crippen LogP contribution is 2.79. The fourth-order valence-electron chi connectivity index (χ4n) is 3.44. The summed E-state index contributed by atoms with van der Waals surface area (Å²) in [5.41, 5.74) is 0.119. The van der Waals surface area contributed by atoms with Crippen molar-refractivity contribution in [2.75, 3.05) is 36.2 Å². The topological polar surface area (TPSA) is 256 Å². The molecule has 2 unspecified atom stereocenters. The number of phosphoric ester groups is 1. The monoisotopic (exact) mass is 775 g/mol. The molecule has 2 aromatic rings. The van der Waals surface area contributed by atoms with Crippen LogP contribution in [0, 0.1) is 0 Å². The first-order valence-corrected chi connectivity index (χ1v) is 19.6. The van der Waals surface area contributed by atoms with Crippen LogP contribution in [-0.4, -0.2) is 109 Å². The van der Waals surface area contributed by atoms with E-state index >= 15 is 0 Å². The summed E-state index contributed by atoms with van der Waals surface area (Å²) in [4.78, 5) is 50.4. The van der Waals surface area contributed by atoms with Gasteiger partial charge in [-0.05, 0) is 6.26 Å². The number of nitrogens with one attached hydrogen (secondary N) is 1. The number of phosphoric acid groups is 1. The van der Waals surface area contributed by atoms with Crippen LogP contribution in [0.25, 0.3) is 11.2 Å². The zero-order valence-electron chi connectivity index (χ0n) is 21.9. The number of anilines is 1. The molecule has 44 heavy (non-hydrogen) atoms. The van der Waals surface area contributed by atoms with Gasteiger partial charge in [0.2, 0.25) is 0 Å². The number of aromatic nitrogens is 4. The Bertz CT molecular complexity index is 1470. The van der Waals surface area contributed by atoms with Crippen molar-refractivity contribution in [1.82, 2.24) is 19.5 Å². The minimum atomic E-state index is -5.97. The molecule has 7 N–H and O–H groups in total. The average Bonchev–Trinajstić information content (AvgIpc) is 3.41. The second-order valence-corrected chi connectivity index (χ2v) is 18.9. The normalized spacial score (nSPS) is 24.4. The first-order valence-electron chi connectivity index (χ1n) is 11.7. The molecule has 0 amide bonds. The molecule has 3 heterocycles. The second-order valence-electron chi connectivity index (χ2n) is 8.78. The Morgan fingerprint density at radius 3 is 2.36 bits per heavy atom. The van der Waals surface area contributed by atoms with Gasteiger partial charge in [0.05, 0.1) is 19.4 Å². The summed E-state index contributed by atoms with van der Waals surface area (Å²) >= 11 is 12.6. The molecule has 2 aromatic heterocycles. The van der Waals surface area contributed by atoms with Crippen molar-refractivity contribution in [3.05, 3.63) is 6.33 Å². The number of fused-ring (bicyclic) bond motifs is 1. The minimum absolute atomic E-state index is 0.0191. The van der Waals surface area contributed by atoms with Crippen molar-refractivity contribution in [2.24, 2.45) is 0 Å². The van der Waals surface area contributed by atoms with Crippen molar-refractivity contribution in [3.63, 3.8) is 0 Å². The van der Waals surface area contributed by atoms with Crippen LogP contribution in [0.2, 0.25) is 0 Å². The highest BCUT2D eigenvalue weighted by Gasteiger charge is 2.62. The fourth-order valence-corrected chi connectivity index (χ4v) is 8.81. The van der Waals surface area contributed by atoms with E-state index in [1.54, 1.807) is 0 Å². The van der Waals surface area contributed by atoms with Gasteiger partial charge in [0, 0.05) is 18.1 Å². The molecule has 1 fully saturated rings. The van der Waals surface area contributed by atoms with E-state index in [-0.39, 0.29) is 22.1 Å². The first kappa shape index (κ1) is 38.2. The summed E-state index contributed by atoms with van der Waals surface area (Å²) < 4.78 is 85.1. The van der Waals surface area contributed by atoms with Crippen LogP contribution in [0.15, 0.2) is 11.5 Å². The van der Waals surface area contributed by atoms with Gasteiger partial charge in [-0.15, -0.1) is 0 Å². The standard InChI is InChI=1S/C17H25Cl2F3N5O12P3S2/c1-43-5-3-23-12-9-13(26-15(25-12)44-4-2-16(20,21)22)27(7-24-9)14-11(29)10(28)8(38-14)6-37-42(35,36)39-41(33,34)17(18,19)40(30,31)32/h7-8,10-11,14,28-29H,2-6H2,1H3,(H,33,34)(H,35,36)(H,23,25,26)(H2,30,31,32)/t8-,10-,11-,14-/m0/s1. The van der Waals surface area contributed by atoms with Gasteiger partial charge >= 0.3 is 33.0 Å². The van der Waals surface area contributed by atoms with Crippen molar-refractivity contribution in [1.29, 1.82) is 0 Å². The maximum atomic E-state index is 12.7. The Morgan fingerprint density at radius 2 is 1.77 bits per heavy atom. The molecule has 27 heteroatoms. The Morgan fingerprint density at radius 1 is 1.11 bits per heavy atom. The van der Waals surface area contributed by atoms with Crippen LogP contribution in [0.5, 0.6) is 0 Å². The van der Waals surface area contributed by atoms with Gasteiger partial charge in [-0.1, -0.05) is 35.0 Å². The Labute approximate surface area is 264 Å². The van der Waals surface area contributed by atoms with E-state index in [2.05, 4.69) is 29.1 Å². The predicted octanol–water partition coefficient (Wildman–Crippen LogP) is 2.85. The molecule has 0 radical (unpaired) electrons. The number of halogens is 5. The van der Waals surface area contributed by atoms with Crippen molar-refractivity contribution in [3.8, 4) is 0 Å². The van der Waals surface area contributed by atoms with Crippen LogP contribution in [0.1, 0.15) is 12.6 Å². The molecular weight excluding hydrogens is 751 g/mol. The minimum Gasteiger partial charge on any atom is -0.387 e. The van der Waals surface area contributed by atoms with Gasteiger partial charge in [-0.3, -0.25) is 18.2 Å². The maximum absolute atomic E-state index is 12.7. The number of rotatable bonds is 15. The van der Waals surface area contributed by atoms with E-state index in [9.17, 15) is 46.9 Å². The van der Waals surface area contributed by atoms with E-state index in [1.807, 2.05) is 6.26 Å². The largest absolute Gasteiger partial charge is 0.479 e. The SMILES string of the molecule is CSCCNc1nc(SCCC(F)(F)F)nc2c1ncn2[C@H]1O[C@@H](COP(=O)(O)OP(=O)(O)C(Cl)(Cl)P(=O)(O)O)[C@H](O)[C@@H]1O. The second kappa shape index (κ2) is 14.5. The number of hydrogen-bond acceptors (Lipinski definition) is 14. The van der Waals surface area contributed by atoms with Gasteiger partial charge in [0.1, 0.15) is 18.3 Å². The number of hydrogen-bond donors (Lipinski definition) is 7. The van der Waals surface area contributed by atoms with E-state index in [0.717, 1.165) is 10.9 Å². The van der Waals surface area contributed by atoms with Crippen molar-refractivity contribution < 1.29 is 70.2 Å². The van der Waals surface area contributed by atoms with Gasteiger partial charge in [-0.2, -0.15) is 24.9 Å². The third-order valence-corrected chi connectivity index (χ3v) is 14.7. The molecule has 252 valence electrons. The summed E-state index contributed by atoms with van der Waals surface area (Å²) in [6.45, 7) is -0.697. The smallest absolute Gasteiger partial charge is 0.387 e. The lowest BCUT2D eigenvalue weighted by Crippen LogP contribution is -2.33. The first-order chi connectivity index (χ1) is 20.1. The van der Waals surface area contributed by atoms with Gasteiger partial charge in [0.15, 0.2) is 28.4 Å². The van der Waals surface area contributed by atoms with Crippen molar-refractivity contribution in [2.45, 2.75) is 46.1 Å². The maximum Gasteiger partial charge on any atom is 0.479 e. The molecule has 6 atom stereocenters. The third-order valence-electron chi connectivity index (χ3n) is 5.53. The van der Waals surface area contributed by atoms with Gasteiger partial charge in [0.25, 0.3) is 0 Å². The summed E-state index contributed by atoms with van der Waals surface area (Å²) in [5, 5.41) is 24.1. The van der Waals surface area contributed by atoms with Gasteiger partial charge < -0.3 is 39.8 Å². The van der Waals surface area contributed by atoms with E-state index in [1.165, 1.54) is 11.8 Å². The highest BCUT2D eigenvalue weighted by molar-refractivity contribution is 7.99. The lowest BCUT2D eigenvalue weighted by molar-refractivity contribution is -0.129. The Hall–Kier alpha value is -0.250. The zero-order valence-corrected chi connectivity index (χ0v) is 27.7. The van der Waals surface area contributed by atoms with Crippen LogP contribution < -0.4 is 5.32 Å². The van der Waals surface area contributed by atoms with E-state index in [4.69, 9.17) is 37.7 Å². The third kappa shape index (κ3) is 9.21. The number of ether oxygens (including phenoxy) is 1. The summed E-state index contributed by atoms with van der Waals surface area (Å²) in [5.74, 6) is 0.407. The fraction of sp³-hybridized carbons (Fsp3) is 0.706. The molecule has 1 aliphatic rings. The van der Waals surface area contributed by atoms with Gasteiger partial charge in [-0.25, -0.2) is 23.8 Å². The predicted molar refractivity (Wildman–Crippen MR) is 153 cm³/mol.